The van der Waals surface area contributed by atoms with Gasteiger partial charge in [-0.2, -0.15) is 0 Å². The van der Waals surface area contributed by atoms with Crippen molar-refractivity contribution in [1.29, 1.82) is 0 Å². The normalized spacial score (nSPS) is 10.6. The molecular weight excluding hydrogens is 316 g/mol. The molecule has 0 bridgehead atoms. The molecular formula is C15H14N4O3S. The second kappa shape index (κ2) is 6.17. The molecule has 1 N–H and O–H groups in total. The summed E-state index contributed by atoms with van der Waals surface area (Å²) < 4.78 is 10.7. The molecule has 3 rings (SSSR count). The van der Waals surface area contributed by atoms with Gasteiger partial charge in [0, 0.05) is 0 Å². The molecule has 1 amide bonds. The number of amides is 1. The van der Waals surface area contributed by atoms with E-state index in [1.54, 1.807) is 24.3 Å². The van der Waals surface area contributed by atoms with Crippen LogP contribution in [0.2, 0.25) is 0 Å². The third-order valence-electron chi connectivity index (χ3n) is 3.09. The van der Waals surface area contributed by atoms with Crippen LogP contribution in [0.3, 0.4) is 0 Å². The number of anilines is 1. The number of methoxy groups -OCH3 is 1. The zero-order valence-electron chi connectivity index (χ0n) is 12.8. The van der Waals surface area contributed by atoms with E-state index in [9.17, 15) is 4.79 Å². The number of benzene rings is 1. The highest BCUT2D eigenvalue weighted by atomic mass is 32.1. The number of rotatable bonds is 4. The number of aromatic nitrogens is 3. The van der Waals surface area contributed by atoms with Crippen LogP contribution in [0.4, 0.5) is 6.01 Å². The molecule has 0 aliphatic rings. The Bertz CT molecular complexity index is 856. The van der Waals surface area contributed by atoms with Crippen LogP contribution in [0.1, 0.15) is 21.1 Å². The van der Waals surface area contributed by atoms with Gasteiger partial charge in [-0.3, -0.25) is 10.1 Å². The number of carbonyl (C=O) groups excluding carboxylic acids is 1. The fourth-order valence-electron chi connectivity index (χ4n) is 2.09. The first-order chi connectivity index (χ1) is 11.1. The molecule has 0 spiro atoms. The number of hydrogen-bond acceptors (Lipinski definition) is 7. The Morgan fingerprint density at radius 1 is 1.26 bits per heavy atom. The van der Waals surface area contributed by atoms with Gasteiger partial charge in [0.1, 0.15) is 10.6 Å². The van der Waals surface area contributed by atoms with Gasteiger partial charge >= 0.3 is 6.01 Å². The zero-order chi connectivity index (χ0) is 16.4. The van der Waals surface area contributed by atoms with Gasteiger partial charge in [-0.1, -0.05) is 17.2 Å². The molecule has 0 aliphatic carbocycles. The minimum Gasteiger partial charge on any atom is -0.496 e. The van der Waals surface area contributed by atoms with Crippen molar-refractivity contribution in [3.63, 3.8) is 0 Å². The van der Waals surface area contributed by atoms with Crippen LogP contribution in [0.5, 0.6) is 5.75 Å². The molecule has 0 radical (unpaired) electrons. The van der Waals surface area contributed by atoms with Gasteiger partial charge in [0.25, 0.3) is 11.8 Å². The monoisotopic (exact) mass is 330 g/mol. The lowest BCUT2D eigenvalue weighted by molar-refractivity contribution is 0.102. The predicted molar refractivity (Wildman–Crippen MR) is 85.8 cm³/mol. The maximum absolute atomic E-state index is 12.3. The van der Waals surface area contributed by atoms with E-state index in [-0.39, 0.29) is 11.9 Å². The van der Waals surface area contributed by atoms with Crippen LogP contribution < -0.4 is 10.1 Å². The highest BCUT2D eigenvalue weighted by Gasteiger charge is 2.18. The van der Waals surface area contributed by atoms with Crippen LogP contribution in [0.25, 0.3) is 10.8 Å². The van der Waals surface area contributed by atoms with E-state index in [1.165, 1.54) is 18.4 Å². The highest BCUT2D eigenvalue weighted by Crippen LogP contribution is 2.29. The predicted octanol–water partition coefficient (Wildman–Crippen LogP) is 3.07. The van der Waals surface area contributed by atoms with E-state index < -0.39 is 0 Å². The van der Waals surface area contributed by atoms with Crippen molar-refractivity contribution >= 4 is 23.3 Å². The Morgan fingerprint density at radius 3 is 2.74 bits per heavy atom. The molecule has 0 aliphatic heterocycles. The number of nitrogens with zero attached hydrogens (tertiary/aromatic N) is 3. The Hall–Kier alpha value is -2.74. The van der Waals surface area contributed by atoms with Crippen molar-refractivity contribution < 1.29 is 13.9 Å². The van der Waals surface area contributed by atoms with E-state index in [0.29, 0.717) is 17.2 Å². The quantitative estimate of drug-likeness (QED) is 0.790. The maximum atomic E-state index is 12.3. The van der Waals surface area contributed by atoms with E-state index in [0.717, 1.165) is 15.6 Å². The van der Waals surface area contributed by atoms with Crippen molar-refractivity contribution in [2.75, 3.05) is 12.4 Å². The van der Waals surface area contributed by atoms with Crippen molar-refractivity contribution in [3.05, 3.63) is 40.5 Å². The molecule has 0 unspecified atom stereocenters. The fraction of sp³-hybridized carbons (Fsp3) is 0.200. The Kier molecular flexibility index (Phi) is 4.07. The van der Waals surface area contributed by atoms with Crippen LogP contribution in [-0.2, 0) is 0 Å². The third-order valence-corrected chi connectivity index (χ3v) is 4.16. The van der Waals surface area contributed by atoms with Crippen molar-refractivity contribution in [2.45, 2.75) is 13.8 Å². The number of nitrogens with one attached hydrogen (secondary N) is 1. The number of ether oxygens (including phenoxy) is 1. The van der Waals surface area contributed by atoms with E-state index in [4.69, 9.17) is 9.15 Å². The zero-order valence-corrected chi connectivity index (χ0v) is 13.6. The molecule has 2 aromatic heterocycles. The second-order valence-electron chi connectivity index (χ2n) is 4.71. The summed E-state index contributed by atoms with van der Waals surface area (Å²) in [5, 5.41) is 11.3. The molecule has 23 heavy (non-hydrogen) atoms. The van der Waals surface area contributed by atoms with Gasteiger partial charge in [-0.25, -0.2) is 4.98 Å². The standard InChI is InChI=1S/C15H14N4O3S/c1-8-12(23-9(2)16-8)14-18-19-15(22-14)17-13(20)10-6-4-5-7-11(10)21-3/h4-7H,1-3H3,(H,17,19,20). The van der Waals surface area contributed by atoms with Gasteiger partial charge in [-0.05, 0) is 26.0 Å². The van der Waals surface area contributed by atoms with Gasteiger partial charge in [0.15, 0.2) is 0 Å². The summed E-state index contributed by atoms with van der Waals surface area (Å²) in [6.45, 7) is 3.78. The van der Waals surface area contributed by atoms with E-state index in [1.807, 2.05) is 13.8 Å². The second-order valence-corrected chi connectivity index (χ2v) is 5.92. The van der Waals surface area contributed by atoms with Gasteiger partial charge in [-0.15, -0.1) is 16.4 Å². The van der Waals surface area contributed by atoms with Crippen LogP contribution in [0, 0.1) is 13.8 Å². The maximum Gasteiger partial charge on any atom is 0.322 e. The first-order valence-corrected chi connectivity index (χ1v) is 7.62. The van der Waals surface area contributed by atoms with E-state index >= 15 is 0 Å². The molecule has 0 fully saturated rings. The van der Waals surface area contributed by atoms with Crippen LogP contribution in [-0.4, -0.2) is 28.2 Å². The summed E-state index contributed by atoms with van der Waals surface area (Å²) in [7, 11) is 1.51. The van der Waals surface area contributed by atoms with Crippen LogP contribution in [0.15, 0.2) is 28.7 Å². The summed E-state index contributed by atoms with van der Waals surface area (Å²) in [6.07, 6.45) is 0. The van der Waals surface area contributed by atoms with Gasteiger partial charge in [0.2, 0.25) is 0 Å². The topological polar surface area (TPSA) is 90.1 Å². The molecule has 0 atom stereocenters. The van der Waals surface area contributed by atoms with Crippen molar-refractivity contribution in [2.24, 2.45) is 0 Å². The lowest BCUT2D eigenvalue weighted by Crippen LogP contribution is -2.13. The summed E-state index contributed by atoms with van der Waals surface area (Å²) in [6, 6.07) is 6.93. The Morgan fingerprint density at radius 2 is 2.04 bits per heavy atom. The Balaban J connectivity index is 1.82. The fourth-order valence-corrected chi connectivity index (χ4v) is 2.93. The van der Waals surface area contributed by atoms with Crippen molar-refractivity contribution in [1.82, 2.24) is 15.2 Å². The number of para-hydroxylation sites is 1. The smallest absolute Gasteiger partial charge is 0.322 e. The minimum atomic E-state index is -0.380. The molecule has 1 aromatic carbocycles. The molecule has 0 saturated carbocycles. The highest BCUT2D eigenvalue weighted by molar-refractivity contribution is 7.15. The average Bonchev–Trinajstić information content (AvgIpc) is 3.13. The molecule has 118 valence electrons. The summed E-state index contributed by atoms with van der Waals surface area (Å²) in [5.74, 6) is 0.428. The first-order valence-electron chi connectivity index (χ1n) is 6.80. The third kappa shape index (κ3) is 3.07. The summed E-state index contributed by atoms with van der Waals surface area (Å²) >= 11 is 1.46. The van der Waals surface area contributed by atoms with Crippen LogP contribution >= 0.6 is 11.3 Å². The molecule has 8 heteroatoms. The van der Waals surface area contributed by atoms with Gasteiger partial charge < -0.3 is 9.15 Å². The number of thiazole rings is 1. The average molecular weight is 330 g/mol. The lowest BCUT2D eigenvalue weighted by Gasteiger charge is -2.06. The lowest BCUT2D eigenvalue weighted by atomic mass is 10.2. The van der Waals surface area contributed by atoms with E-state index in [2.05, 4.69) is 20.5 Å². The SMILES string of the molecule is COc1ccccc1C(=O)Nc1nnc(-c2sc(C)nc2C)o1. The molecule has 2 heterocycles. The first kappa shape index (κ1) is 15.2. The molecule has 7 nitrogen and oxygen atoms in total. The largest absolute Gasteiger partial charge is 0.496 e. The Labute approximate surface area is 136 Å². The molecule has 3 aromatic rings. The van der Waals surface area contributed by atoms with Gasteiger partial charge in [0.05, 0.1) is 23.4 Å². The minimum absolute atomic E-state index is 0.0290. The number of aryl methyl sites for hydroxylation is 2. The van der Waals surface area contributed by atoms with Crippen molar-refractivity contribution in [3.8, 4) is 16.5 Å². The number of carbonyl (C=O) groups is 1. The summed E-state index contributed by atoms with van der Waals surface area (Å²) in [4.78, 5) is 17.4. The summed E-state index contributed by atoms with van der Waals surface area (Å²) in [5.41, 5.74) is 1.21. The molecule has 0 saturated heterocycles. The number of hydrogen-bond donors (Lipinski definition) is 1.